The van der Waals surface area contributed by atoms with E-state index >= 15 is 0 Å². The number of benzene rings is 2. The van der Waals surface area contributed by atoms with E-state index in [1.165, 1.54) is 4.31 Å². The molecule has 0 saturated carbocycles. The van der Waals surface area contributed by atoms with E-state index in [9.17, 15) is 13.2 Å². The van der Waals surface area contributed by atoms with Crippen LogP contribution in [0, 0.1) is 6.92 Å². The van der Waals surface area contributed by atoms with Gasteiger partial charge in [-0.15, -0.1) is 0 Å². The molecule has 146 valence electrons. The SMILES string of the molecule is Cc1c(Cl)cccc1N(CCCC(=O)NCCc1ccccc1)S(C)(=O)=O. The molecule has 0 fully saturated rings. The van der Waals surface area contributed by atoms with Crippen molar-refractivity contribution in [2.75, 3.05) is 23.7 Å². The Labute approximate surface area is 166 Å². The molecule has 0 spiro atoms. The van der Waals surface area contributed by atoms with Crippen molar-refractivity contribution < 1.29 is 13.2 Å². The lowest BCUT2D eigenvalue weighted by atomic mass is 10.1. The summed E-state index contributed by atoms with van der Waals surface area (Å²) < 4.78 is 25.7. The number of halogens is 1. The van der Waals surface area contributed by atoms with E-state index in [1.54, 1.807) is 25.1 Å². The molecule has 0 heterocycles. The highest BCUT2D eigenvalue weighted by Crippen LogP contribution is 2.28. The molecule has 2 aromatic rings. The molecule has 0 aliphatic heterocycles. The molecule has 2 rings (SSSR count). The predicted molar refractivity (Wildman–Crippen MR) is 111 cm³/mol. The van der Waals surface area contributed by atoms with Crippen LogP contribution >= 0.6 is 11.6 Å². The van der Waals surface area contributed by atoms with E-state index in [1.807, 2.05) is 30.3 Å². The minimum Gasteiger partial charge on any atom is -0.356 e. The average molecular weight is 409 g/mol. The quantitative estimate of drug-likeness (QED) is 0.689. The molecule has 0 atom stereocenters. The minimum atomic E-state index is -3.47. The van der Waals surface area contributed by atoms with Crippen molar-refractivity contribution in [2.24, 2.45) is 0 Å². The summed E-state index contributed by atoms with van der Waals surface area (Å²) in [6, 6.07) is 15.1. The first kappa shape index (κ1) is 21.3. The molecule has 0 bridgehead atoms. The van der Waals surface area contributed by atoms with E-state index < -0.39 is 10.0 Å². The van der Waals surface area contributed by atoms with Crippen LogP contribution in [0.3, 0.4) is 0 Å². The van der Waals surface area contributed by atoms with Crippen molar-refractivity contribution in [3.63, 3.8) is 0 Å². The summed E-state index contributed by atoms with van der Waals surface area (Å²) in [5.74, 6) is -0.0813. The molecule has 1 amide bonds. The first-order chi connectivity index (χ1) is 12.8. The van der Waals surface area contributed by atoms with Gasteiger partial charge in [-0.1, -0.05) is 48.0 Å². The fourth-order valence-corrected chi connectivity index (χ4v) is 3.98. The highest BCUT2D eigenvalue weighted by molar-refractivity contribution is 7.92. The number of hydrogen-bond donors (Lipinski definition) is 1. The number of sulfonamides is 1. The lowest BCUT2D eigenvalue weighted by molar-refractivity contribution is -0.121. The third kappa shape index (κ3) is 6.56. The Hall–Kier alpha value is -2.05. The Bertz CT molecular complexity index is 870. The molecule has 27 heavy (non-hydrogen) atoms. The second-order valence-electron chi connectivity index (χ2n) is 6.41. The number of rotatable bonds is 9. The monoisotopic (exact) mass is 408 g/mol. The molecule has 2 aromatic carbocycles. The van der Waals surface area contributed by atoms with Crippen LogP contribution in [0.25, 0.3) is 0 Å². The summed E-state index contributed by atoms with van der Waals surface area (Å²) in [6.07, 6.45) is 2.62. The van der Waals surface area contributed by atoms with E-state index in [2.05, 4.69) is 5.32 Å². The van der Waals surface area contributed by atoms with Gasteiger partial charge in [-0.2, -0.15) is 0 Å². The molecule has 0 unspecified atom stereocenters. The van der Waals surface area contributed by atoms with Gasteiger partial charge < -0.3 is 5.32 Å². The van der Waals surface area contributed by atoms with Crippen molar-refractivity contribution in [1.29, 1.82) is 0 Å². The van der Waals surface area contributed by atoms with Gasteiger partial charge in [0.15, 0.2) is 0 Å². The molecule has 5 nitrogen and oxygen atoms in total. The van der Waals surface area contributed by atoms with E-state index in [-0.39, 0.29) is 18.9 Å². The van der Waals surface area contributed by atoms with Crippen LogP contribution in [0.2, 0.25) is 5.02 Å². The maximum Gasteiger partial charge on any atom is 0.232 e. The fourth-order valence-electron chi connectivity index (χ4n) is 2.79. The van der Waals surface area contributed by atoms with Crippen LogP contribution < -0.4 is 9.62 Å². The molecule has 0 aromatic heterocycles. The van der Waals surface area contributed by atoms with Crippen molar-refractivity contribution in [2.45, 2.75) is 26.2 Å². The van der Waals surface area contributed by atoms with E-state index in [0.717, 1.165) is 18.2 Å². The molecule has 7 heteroatoms. The standard InChI is InChI=1S/C20H25ClN2O3S/c1-16-18(21)10-6-11-19(16)23(27(2,25)26)15-7-12-20(24)22-14-13-17-8-4-3-5-9-17/h3-6,8-11H,7,12-15H2,1-2H3,(H,22,24). The summed E-state index contributed by atoms with van der Waals surface area (Å²) in [5, 5.41) is 3.39. The lowest BCUT2D eigenvalue weighted by Gasteiger charge is -2.24. The Kier molecular flexibility index (Phi) is 7.68. The zero-order valence-corrected chi connectivity index (χ0v) is 17.2. The highest BCUT2D eigenvalue weighted by Gasteiger charge is 2.20. The van der Waals surface area contributed by atoms with Crippen LogP contribution in [0.5, 0.6) is 0 Å². The fraction of sp³-hybridized carbons (Fsp3) is 0.350. The van der Waals surface area contributed by atoms with Crippen molar-refractivity contribution in [3.05, 3.63) is 64.7 Å². The van der Waals surface area contributed by atoms with Gasteiger partial charge in [0.05, 0.1) is 11.9 Å². The summed E-state index contributed by atoms with van der Waals surface area (Å²) in [6.45, 7) is 2.57. The van der Waals surface area contributed by atoms with Crippen LogP contribution in [0.4, 0.5) is 5.69 Å². The Morgan fingerprint density at radius 1 is 1.11 bits per heavy atom. The van der Waals surface area contributed by atoms with Crippen LogP contribution in [-0.4, -0.2) is 33.7 Å². The van der Waals surface area contributed by atoms with Gasteiger partial charge in [0.1, 0.15) is 0 Å². The van der Waals surface area contributed by atoms with Gasteiger partial charge in [0.2, 0.25) is 15.9 Å². The minimum absolute atomic E-state index is 0.0813. The van der Waals surface area contributed by atoms with Gasteiger partial charge in [-0.05, 0) is 43.0 Å². The summed E-state index contributed by atoms with van der Waals surface area (Å²) >= 11 is 6.11. The van der Waals surface area contributed by atoms with Gasteiger partial charge in [-0.3, -0.25) is 9.10 Å². The first-order valence-electron chi connectivity index (χ1n) is 8.82. The van der Waals surface area contributed by atoms with Crippen LogP contribution in [-0.2, 0) is 21.2 Å². The van der Waals surface area contributed by atoms with E-state index in [4.69, 9.17) is 11.6 Å². The summed E-state index contributed by atoms with van der Waals surface area (Å²) in [7, 11) is -3.47. The third-order valence-corrected chi connectivity index (χ3v) is 5.84. The van der Waals surface area contributed by atoms with Crippen molar-refractivity contribution in [3.8, 4) is 0 Å². The van der Waals surface area contributed by atoms with Crippen LogP contribution in [0.1, 0.15) is 24.0 Å². The molecule has 1 N–H and O–H groups in total. The zero-order valence-electron chi connectivity index (χ0n) is 15.6. The molecular weight excluding hydrogens is 384 g/mol. The second-order valence-corrected chi connectivity index (χ2v) is 8.72. The molecule has 0 radical (unpaired) electrons. The van der Waals surface area contributed by atoms with Crippen molar-refractivity contribution in [1.82, 2.24) is 5.32 Å². The number of hydrogen-bond acceptors (Lipinski definition) is 3. The Morgan fingerprint density at radius 3 is 2.48 bits per heavy atom. The number of carbonyl (C=O) groups excluding carboxylic acids is 1. The number of amides is 1. The predicted octanol–water partition coefficient (Wildman–Crippen LogP) is 3.55. The summed E-state index contributed by atoms with van der Waals surface area (Å²) in [5.41, 5.74) is 2.42. The van der Waals surface area contributed by atoms with Gasteiger partial charge in [-0.25, -0.2) is 8.42 Å². The molecule has 0 aliphatic rings. The van der Waals surface area contributed by atoms with E-state index in [0.29, 0.717) is 29.2 Å². The normalized spacial score (nSPS) is 11.2. The first-order valence-corrected chi connectivity index (χ1v) is 11.0. The number of carbonyl (C=O) groups is 1. The average Bonchev–Trinajstić information content (AvgIpc) is 2.61. The van der Waals surface area contributed by atoms with Gasteiger partial charge in [0, 0.05) is 24.5 Å². The summed E-state index contributed by atoms with van der Waals surface area (Å²) in [4.78, 5) is 12.0. The number of anilines is 1. The largest absolute Gasteiger partial charge is 0.356 e. The number of nitrogens with zero attached hydrogens (tertiary/aromatic N) is 1. The smallest absolute Gasteiger partial charge is 0.232 e. The molecule has 0 saturated heterocycles. The lowest BCUT2D eigenvalue weighted by Crippen LogP contribution is -2.33. The maximum atomic E-state index is 12.2. The third-order valence-electron chi connectivity index (χ3n) is 4.25. The Morgan fingerprint density at radius 2 is 1.81 bits per heavy atom. The zero-order chi connectivity index (χ0) is 19.9. The molecular formula is C20H25ClN2O3S. The van der Waals surface area contributed by atoms with Gasteiger partial charge in [0.25, 0.3) is 0 Å². The second kappa shape index (κ2) is 9.76. The topological polar surface area (TPSA) is 66.5 Å². The van der Waals surface area contributed by atoms with Gasteiger partial charge >= 0.3 is 0 Å². The number of nitrogens with one attached hydrogen (secondary N) is 1. The Balaban J connectivity index is 1.86. The molecule has 0 aliphatic carbocycles. The van der Waals surface area contributed by atoms with Crippen molar-refractivity contribution >= 4 is 33.2 Å². The van der Waals surface area contributed by atoms with Crippen LogP contribution in [0.15, 0.2) is 48.5 Å². The highest BCUT2D eigenvalue weighted by atomic mass is 35.5. The maximum absolute atomic E-state index is 12.2.